The van der Waals surface area contributed by atoms with Crippen molar-refractivity contribution in [1.29, 1.82) is 0 Å². The first-order chi connectivity index (χ1) is 6.63. The van der Waals surface area contributed by atoms with Gasteiger partial charge in [0.05, 0.1) is 0 Å². The van der Waals surface area contributed by atoms with Gasteiger partial charge in [-0.15, -0.1) is 0 Å². The second-order valence-corrected chi connectivity index (χ2v) is 3.65. The van der Waals surface area contributed by atoms with E-state index in [0.29, 0.717) is 17.0 Å². The predicted molar refractivity (Wildman–Crippen MR) is 59.8 cm³/mol. The molecule has 74 valence electrons. The van der Waals surface area contributed by atoms with Crippen molar-refractivity contribution in [2.45, 2.75) is 19.8 Å². The molecule has 0 radical (unpaired) electrons. The van der Waals surface area contributed by atoms with E-state index >= 15 is 0 Å². The van der Waals surface area contributed by atoms with Gasteiger partial charge in [0.25, 0.3) is 0 Å². The molecule has 14 heavy (non-hydrogen) atoms. The lowest BCUT2D eigenvalue weighted by Crippen LogP contribution is -1.99. The fourth-order valence-electron chi connectivity index (χ4n) is 1.09. The van der Waals surface area contributed by atoms with E-state index in [0.717, 1.165) is 12.0 Å². The van der Waals surface area contributed by atoms with Gasteiger partial charge in [-0.3, -0.25) is 4.79 Å². The van der Waals surface area contributed by atoms with Crippen molar-refractivity contribution in [3.8, 4) is 0 Å². The van der Waals surface area contributed by atoms with Crippen LogP contribution in [-0.2, 0) is 0 Å². The van der Waals surface area contributed by atoms with Gasteiger partial charge in [-0.1, -0.05) is 30.7 Å². The van der Waals surface area contributed by atoms with Crippen LogP contribution in [0.3, 0.4) is 0 Å². The molecule has 0 aliphatic carbocycles. The lowest BCUT2D eigenvalue weighted by molar-refractivity contribution is 0.0992. The van der Waals surface area contributed by atoms with Crippen molar-refractivity contribution in [3.05, 3.63) is 47.0 Å². The third-order valence-corrected chi connectivity index (χ3v) is 2.33. The molecular formula is C12H13ClO. The first kappa shape index (κ1) is 11.0. The minimum atomic E-state index is 0.105. The molecule has 0 heterocycles. The molecule has 0 amide bonds. The summed E-state index contributed by atoms with van der Waals surface area (Å²) in [6, 6.07) is 6.94. The van der Waals surface area contributed by atoms with Crippen LogP contribution in [0.4, 0.5) is 0 Å². The van der Waals surface area contributed by atoms with Gasteiger partial charge in [-0.25, -0.2) is 0 Å². The van der Waals surface area contributed by atoms with Crippen molar-refractivity contribution in [2.24, 2.45) is 0 Å². The number of carbonyl (C=O) groups is 1. The zero-order valence-electron chi connectivity index (χ0n) is 8.22. The minimum Gasteiger partial charge on any atom is -0.294 e. The maximum absolute atomic E-state index is 11.6. The number of Topliss-reactive ketones (excluding diaryl/α,β-unsaturated/α-hetero) is 1. The van der Waals surface area contributed by atoms with Crippen molar-refractivity contribution >= 4 is 17.4 Å². The number of rotatable bonds is 4. The Morgan fingerprint density at radius 1 is 1.36 bits per heavy atom. The van der Waals surface area contributed by atoms with Crippen LogP contribution < -0.4 is 0 Å². The topological polar surface area (TPSA) is 17.1 Å². The minimum absolute atomic E-state index is 0.105. The summed E-state index contributed by atoms with van der Waals surface area (Å²) in [5.74, 6) is 0.105. The second kappa shape index (κ2) is 4.97. The number of benzene rings is 1. The van der Waals surface area contributed by atoms with Crippen molar-refractivity contribution in [2.75, 3.05) is 0 Å². The van der Waals surface area contributed by atoms with E-state index in [1.54, 1.807) is 24.3 Å². The lowest BCUT2D eigenvalue weighted by atomic mass is 10.0. The van der Waals surface area contributed by atoms with Crippen molar-refractivity contribution < 1.29 is 4.79 Å². The summed E-state index contributed by atoms with van der Waals surface area (Å²) in [5.41, 5.74) is 1.66. The Morgan fingerprint density at radius 3 is 2.43 bits per heavy atom. The molecule has 0 saturated heterocycles. The van der Waals surface area contributed by atoms with Crippen LogP contribution in [0.2, 0.25) is 5.02 Å². The summed E-state index contributed by atoms with van der Waals surface area (Å²) in [6.45, 7) is 5.81. The van der Waals surface area contributed by atoms with Gasteiger partial charge in [0, 0.05) is 17.0 Å². The molecular weight excluding hydrogens is 196 g/mol. The first-order valence-corrected chi connectivity index (χ1v) is 4.96. The molecule has 0 saturated carbocycles. The summed E-state index contributed by atoms with van der Waals surface area (Å²) >= 11 is 5.72. The van der Waals surface area contributed by atoms with E-state index in [9.17, 15) is 4.79 Å². The molecule has 0 aliphatic rings. The van der Waals surface area contributed by atoms with Crippen LogP contribution in [-0.4, -0.2) is 5.78 Å². The fraction of sp³-hybridized carbons (Fsp3) is 0.250. The molecule has 0 unspecified atom stereocenters. The Bertz CT molecular complexity index is 338. The van der Waals surface area contributed by atoms with Crippen LogP contribution >= 0.6 is 11.6 Å². The highest BCUT2D eigenvalue weighted by Crippen LogP contribution is 2.13. The maximum Gasteiger partial charge on any atom is 0.166 e. The van der Waals surface area contributed by atoms with Crippen LogP contribution in [0, 0.1) is 0 Å². The smallest absolute Gasteiger partial charge is 0.166 e. The molecule has 1 aromatic rings. The van der Waals surface area contributed by atoms with Gasteiger partial charge in [0.2, 0.25) is 0 Å². The normalized spacial score (nSPS) is 9.86. The predicted octanol–water partition coefficient (Wildman–Crippen LogP) is 3.88. The number of halogens is 1. The Balaban J connectivity index is 2.70. The Morgan fingerprint density at radius 2 is 1.93 bits per heavy atom. The van der Waals surface area contributed by atoms with Crippen LogP contribution in [0.1, 0.15) is 30.1 Å². The summed E-state index contributed by atoms with van der Waals surface area (Å²) in [7, 11) is 0. The van der Waals surface area contributed by atoms with Crippen LogP contribution in [0.5, 0.6) is 0 Å². The fourth-order valence-corrected chi connectivity index (χ4v) is 1.22. The molecule has 2 heteroatoms. The summed E-state index contributed by atoms with van der Waals surface area (Å²) in [6.07, 6.45) is 1.28. The summed E-state index contributed by atoms with van der Waals surface area (Å²) in [5, 5.41) is 0.649. The number of ketones is 1. The molecule has 0 spiro atoms. The molecule has 0 atom stereocenters. The SMILES string of the molecule is C=C(CC)CC(=O)c1ccc(Cl)cc1. The van der Waals surface area contributed by atoms with Crippen molar-refractivity contribution in [1.82, 2.24) is 0 Å². The van der Waals surface area contributed by atoms with Crippen LogP contribution in [0.15, 0.2) is 36.4 Å². The number of hydrogen-bond acceptors (Lipinski definition) is 1. The number of carbonyl (C=O) groups excluding carboxylic acids is 1. The van der Waals surface area contributed by atoms with Gasteiger partial charge in [-0.05, 0) is 30.7 Å². The number of hydrogen-bond donors (Lipinski definition) is 0. The van der Waals surface area contributed by atoms with Crippen molar-refractivity contribution in [3.63, 3.8) is 0 Å². The zero-order valence-corrected chi connectivity index (χ0v) is 8.97. The first-order valence-electron chi connectivity index (χ1n) is 4.59. The van der Waals surface area contributed by atoms with E-state index in [-0.39, 0.29) is 5.78 Å². The molecule has 0 bridgehead atoms. The molecule has 0 aromatic heterocycles. The largest absolute Gasteiger partial charge is 0.294 e. The number of allylic oxidation sites excluding steroid dienone is 1. The van der Waals surface area contributed by atoms with E-state index < -0.39 is 0 Å². The van der Waals surface area contributed by atoms with Gasteiger partial charge >= 0.3 is 0 Å². The quantitative estimate of drug-likeness (QED) is 0.542. The van der Waals surface area contributed by atoms with Crippen LogP contribution in [0.25, 0.3) is 0 Å². The van der Waals surface area contributed by atoms with Gasteiger partial charge in [-0.2, -0.15) is 0 Å². The van der Waals surface area contributed by atoms with Gasteiger partial charge in [0.15, 0.2) is 5.78 Å². The van der Waals surface area contributed by atoms with E-state index in [1.165, 1.54) is 0 Å². The third-order valence-electron chi connectivity index (χ3n) is 2.08. The molecule has 0 N–H and O–H groups in total. The molecule has 0 fully saturated rings. The van der Waals surface area contributed by atoms with E-state index in [4.69, 9.17) is 11.6 Å². The maximum atomic E-state index is 11.6. The molecule has 1 nitrogen and oxygen atoms in total. The zero-order chi connectivity index (χ0) is 10.6. The third kappa shape index (κ3) is 3.00. The Hall–Kier alpha value is -1.08. The van der Waals surface area contributed by atoms with E-state index in [2.05, 4.69) is 6.58 Å². The average Bonchev–Trinajstić information content (AvgIpc) is 2.18. The second-order valence-electron chi connectivity index (χ2n) is 3.21. The Kier molecular flexibility index (Phi) is 3.90. The standard InChI is InChI=1S/C12H13ClO/c1-3-9(2)8-12(14)10-4-6-11(13)7-5-10/h4-7H,2-3,8H2,1H3. The van der Waals surface area contributed by atoms with Gasteiger partial charge in [0.1, 0.15) is 0 Å². The highest BCUT2D eigenvalue weighted by atomic mass is 35.5. The lowest BCUT2D eigenvalue weighted by Gasteiger charge is -2.02. The van der Waals surface area contributed by atoms with Gasteiger partial charge < -0.3 is 0 Å². The summed E-state index contributed by atoms with van der Waals surface area (Å²) in [4.78, 5) is 11.6. The molecule has 1 rings (SSSR count). The highest BCUT2D eigenvalue weighted by molar-refractivity contribution is 6.30. The monoisotopic (exact) mass is 208 g/mol. The highest BCUT2D eigenvalue weighted by Gasteiger charge is 2.06. The summed E-state index contributed by atoms with van der Waals surface area (Å²) < 4.78 is 0. The molecule has 1 aromatic carbocycles. The Labute approximate surface area is 89.4 Å². The molecule has 0 aliphatic heterocycles. The van der Waals surface area contributed by atoms with E-state index in [1.807, 2.05) is 6.92 Å². The average molecular weight is 209 g/mol.